The van der Waals surface area contributed by atoms with Crippen LogP contribution in [0.2, 0.25) is 5.02 Å². The highest BCUT2D eigenvalue weighted by Gasteiger charge is 2.25. The molecule has 0 heterocycles. The molecule has 0 saturated carbocycles. The summed E-state index contributed by atoms with van der Waals surface area (Å²) in [5.74, 6) is -0.974. The smallest absolute Gasteiger partial charge is 0.266 e. The molecule has 164 valence electrons. The molecule has 12 heteroatoms. The first-order valence-electron chi connectivity index (χ1n) is 8.69. The fraction of sp³-hybridized carbons (Fsp3) is 0.278. The van der Waals surface area contributed by atoms with Crippen LogP contribution >= 0.6 is 11.6 Å². The first-order chi connectivity index (χ1) is 14.1. The number of rotatable bonds is 10. The van der Waals surface area contributed by atoms with E-state index in [0.717, 1.165) is 11.6 Å². The van der Waals surface area contributed by atoms with Crippen molar-refractivity contribution in [2.45, 2.75) is 11.4 Å². The van der Waals surface area contributed by atoms with E-state index in [9.17, 15) is 21.6 Å². The third-order valence-electron chi connectivity index (χ3n) is 4.06. The Kier molecular flexibility index (Phi) is 8.35. The highest BCUT2D eigenvalue weighted by Crippen LogP contribution is 2.25. The molecule has 0 atom stereocenters. The number of halogens is 1. The Morgan fingerprint density at radius 1 is 1.10 bits per heavy atom. The second-order valence-electron chi connectivity index (χ2n) is 6.12. The van der Waals surface area contributed by atoms with Crippen LogP contribution in [0.3, 0.4) is 0 Å². The van der Waals surface area contributed by atoms with E-state index >= 15 is 0 Å². The van der Waals surface area contributed by atoms with E-state index in [1.807, 2.05) is 6.07 Å². The lowest BCUT2D eigenvalue weighted by Gasteiger charge is -2.16. The van der Waals surface area contributed by atoms with Gasteiger partial charge in [-0.05, 0) is 23.8 Å². The number of sulfonamides is 2. The Morgan fingerprint density at radius 3 is 2.40 bits per heavy atom. The molecule has 0 saturated heterocycles. The maximum absolute atomic E-state index is 12.4. The molecule has 9 nitrogen and oxygen atoms in total. The van der Waals surface area contributed by atoms with E-state index in [-0.39, 0.29) is 34.3 Å². The van der Waals surface area contributed by atoms with E-state index in [0.29, 0.717) is 4.47 Å². The number of carbonyl (C=O) groups excluding carboxylic acids is 1. The summed E-state index contributed by atoms with van der Waals surface area (Å²) in [4.78, 5) is 16.7. The van der Waals surface area contributed by atoms with Gasteiger partial charge in [-0.3, -0.25) is 9.63 Å². The molecule has 30 heavy (non-hydrogen) atoms. The van der Waals surface area contributed by atoms with Gasteiger partial charge < -0.3 is 5.32 Å². The van der Waals surface area contributed by atoms with Gasteiger partial charge in [-0.15, -0.1) is 0 Å². The van der Waals surface area contributed by atoms with Crippen LogP contribution in [-0.2, 0) is 31.4 Å². The normalized spacial score (nSPS) is 12.1. The van der Waals surface area contributed by atoms with E-state index in [2.05, 4.69) is 10.0 Å². The van der Waals surface area contributed by atoms with Gasteiger partial charge in [-0.1, -0.05) is 46.4 Å². The monoisotopic (exact) mass is 475 g/mol. The van der Waals surface area contributed by atoms with Crippen LogP contribution in [0.15, 0.2) is 53.4 Å². The molecule has 0 aliphatic carbocycles. The number of amides is 1. The summed E-state index contributed by atoms with van der Waals surface area (Å²) < 4.78 is 52.0. The van der Waals surface area contributed by atoms with Crippen LogP contribution in [-0.4, -0.2) is 53.7 Å². The van der Waals surface area contributed by atoms with Crippen LogP contribution in [0.1, 0.15) is 15.9 Å². The summed E-state index contributed by atoms with van der Waals surface area (Å²) in [6.07, 6.45) is 0. The Labute approximate surface area is 181 Å². The zero-order valence-electron chi connectivity index (χ0n) is 16.3. The van der Waals surface area contributed by atoms with Crippen molar-refractivity contribution in [2.75, 3.05) is 26.5 Å². The second kappa shape index (κ2) is 10.3. The number of hydrogen-bond acceptors (Lipinski definition) is 6. The predicted octanol–water partition coefficient (Wildman–Crippen LogP) is 1.37. The number of hydrogen-bond donors (Lipinski definition) is 2. The lowest BCUT2D eigenvalue weighted by Crippen LogP contribution is -2.34. The fourth-order valence-corrected chi connectivity index (χ4v) is 4.72. The van der Waals surface area contributed by atoms with Crippen LogP contribution in [0.25, 0.3) is 0 Å². The molecule has 2 aromatic rings. The topological polar surface area (TPSA) is 122 Å². The van der Waals surface area contributed by atoms with Crippen molar-refractivity contribution in [3.05, 3.63) is 64.7 Å². The molecule has 2 rings (SSSR count). The molecule has 0 aromatic heterocycles. The minimum Gasteiger partial charge on any atom is -0.351 e. The summed E-state index contributed by atoms with van der Waals surface area (Å²) >= 11 is 5.96. The van der Waals surface area contributed by atoms with Gasteiger partial charge in [0.25, 0.3) is 15.9 Å². The summed E-state index contributed by atoms with van der Waals surface area (Å²) in [5, 5.41) is 2.37. The van der Waals surface area contributed by atoms with E-state index in [4.69, 9.17) is 16.4 Å². The standard InChI is InChI=1S/C18H22ClN3O6S2/c1-22(28-2)30(26,27)17-12-15(8-9-16(17)19)18(23)20-10-11-29(24,25)21-13-14-6-4-3-5-7-14/h3-9,12,21H,10-11,13H2,1-2H3,(H,20,23). The molecule has 0 aliphatic heterocycles. The molecule has 2 aromatic carbocycles. The Bertz CT molecular complexity index is 1090. The van der Waals surface area contributed by atoms with E-state index in [1.54, 1.807) is 24.3 Å². The summed E-state index contributed by atoms with van der Waals surface area (Å²) in [5.41, 5.74) is 0.818. The zero-order valence-corrected chi connectivity index (χ0v) is 18.7. The Morgan fingerprint density at radius 2 is 1.77 bits per heavy atom. The van der Waals surface area contributed by atoms with Crippen LogP contribution in [0.5, 0.6) is 0 Å². The van der Waals surface area contributed by atoms with Crippen molar-refractivity contribution < 1.29 is 26.5 Å². The molecule has 0 fully saturated rings. The van der Waals surface area contributed by atoms with Gasteiger partial charge in [-0.2, -0.15) is 0 Å². The molecule has 0 aliphatic rings. The van der Waals surface area contributed by atoms with Crippen molar-refractivity contribution in [2.24, 2.45) is 0 Å². The first kappa shape index (κ1) is 24.3. The number of carbonyl (C=O) groups is 1. The zero-order chi connectivity index (χ0) is 22.4. The number of hydroxylamine groups is 1. The first-order valence-corrected chi connectivity index (χ1v) is 12.2. The fourth-order valence-electron chi connectivity index (χ4n) is 2.34. The molecule has 0 unspecified atom stereocenters. The minimum absolute atomic E-state index is 0.0112. The van der Waals surface area contributed by atoms with Crippen LogP contribution < -0.4 is 10.0 Å². The van der Waals surface area contributed by atoms with Gasteiger partial charge in [0, 0.05) is 25.7 Å². The highest BCUT2D eigenvalue weighted by atomic mass is 35.5. The minimum atomic E-state index is -4.06. The number of nitrogens with one attached hydrogen (secondary N) is 2. The molecule has 0 spiro atoms. The second-order valence-corrected chi connectivity index (χ2v) is 10.4. The average Bonchev–Trinajstić information content (AvgIpc) is 2.72. The third kappa shape index (κ3) is 6.49. The molecule has 0 bridgehead atoms. The van der Waals surface area contributed by atoms with Crippen molar-refractivity contribution in [1.29, 1.82) is 0 Å². The summed E-state index contributed by atoms with van der Waals surface area (Å²) in [6.45, 7) is -0.0197. The van der Waals surface area contributed by atoms with Crippen molar-refractivity contribution in [3.8, 4) is 0 Å². The summed E-state index contributed by atoms with van der Waals surface area (Å²) in [7, 11) is -5.31. The maximum atomic E-state index is 12.4. The Balaban J connectivity index is 1.99. The molecular weight excluding hydrogens is 454 g/mol. The predicted molar refractivity (Wildman–Crippen MR) is 113 cm³/mol. The van der Waals surface area contributed by atoms with Gasteiger partial charge in [0.15, 0.2) is 0 Å². The van der Waals surface area contributed by atoms with Crippen LogP contribution in [0.4, 0.5) is 0 Å². The van der Waals surface area contributed by atoms with Crippen LogP contribution in [0, 0.1) is 0 Å². The third-order valence-corrected chi connectivity index (χ3v) is 7.55. The van der Waals surface area contributed by atoms with E-state index < -0.39 is 26.0 Å². The van der Waals surface area contributed by atoms with Gasteiger partial charge in [0.1, 0.15) is 4.90 Å². The van der Waals surface area contributed by atoms with E-state index in [1.165, 1.54) is 26.3 Å². The lowest BCUT2D eigenvalue weighted by molar-refractivity contribution is -0.0258. The van der Waals surface area contributed by atoms with Gasteiger partial charge >= 0.3 is 0 Å². The number of benzene rings is 2. The summed E-state index contributed by atoms with van der Waals surface area (Å²) in [6, 6.07) is 12.7. The average molecular weight is 476 g/mol. The van der Waals surface area contributed by atoms with Gasteiger partial charge in [0.2, 0.25) is 10.0 Å². The molecule has 1 amide bonds. The van der Waals surface area contributed by atoms with Crippen molar-refractivity contribution in [1.82, 2.24) is 14.5 Å². The number of nitrogens with zero attached hydrogens (tertiary/aromatic N) is 1. The quantitative estimate of drug-likeness (QED) is 0.500. The van der Waals surface area contributed by atoms with Crippen molar-refractivity contribution >= 4 is 37.6 Å². The highest BCUT2D eigenvalue weighted by molar-refractivity contribution is 7.89. The van der Waals surface area contributed by atoms with Gasteiger partial charge in [-0.25, -0.2) is 21.6 Å². The van der Waals surface area contributed by atoms with Crippen molar-refractivity contribution in [3.63, 3.8) is 0 Å². The molecule has 2 N–H and O–H groups in total. The SMILES string of the molecule is CON(C)S(=O)(=O)c1cc(C(=O)NCCS(=O)(=O)NCc2ccccc2)ccc1Cl. The van der Waals surface area contributed by atoms with Gasteiger partial charge in [0.05, 0.1) is 17.9 Å². The molecular formula is C18H22ClN3O6S2. The lowest BCUT2D eigenvalue weighted by atomic mass is 10.2. The maximum Gasteiger partial charge on any atom is 0.266 e. The Hall–Kier alpha value is -2.02. The largest absolute Gasteiger partial charge is 0.351 e. The molecule has 0 radical (unpaired) electrons.